The van der Waals surface area contributed by atoms with Crippen LogP contribution in [0.25, 0.3) is 0 Å². The number of hydrogen-bond acceptors (Lipinski definition) is 4. The lowest BCUT2D eigenvalue weighted by atomic mass is 9.92. The van der Waals surface area contributed by atoms with E-state index < -0.39 is 0 Å². The van der Waals surface area contributed by atoms with Crippen molar-refractivity contribution in [3.8, 4) is 0 Å². The van der Waals surface area contributed by atoms with E-state index in [0.29, 0.717) is 23.9 Å². The van der Waals surface area contributed by atoms with Crippen molar-refractivity contribution in [3.05, 3.63) is 17.5 Å². The number of nitrogens with zero attached hydrogens (tertiary/aromatic N) is 2. The lowest BCUT2D eigenvalue weighted by molar-refractivity contribution is 0.0673. The zero-order valence-corrected chi connectivity index (χ0v) is 13.5. The molecule has 1 aliphatic rings. The van der Waals surface area contributed by atoms with Gasteiger partial charge in [0.2, 0.25) is 0 Å². The van der Waals surface area contributed by atoms with Gasteiger partial charge in [0.1, 0.15) is 0 Å². The summed E-state index contributed by atoms with van der Waals surface area (Å²) >= 11 is 0. The minimum Gasteiger partial charge on any atom is -0.360 e. The van der Waals surface area contributed by atoms with Crippen LogP contribution in [0.3, 0.4) is 0 Å². The van der Waals surface area contributed by atoms with Gasteiger partial charge in [0.25, 0.3) is 0 Å². The number of nitrogens with one attached hydrogen (secondary N) is 1. The van der Waals surface area contributed by atoms with Crippen LogP contribution in [0.1, 0.15) is 45.6 Å². The zero-order chi connectivity index (χ0) is 14.7. The van der Waals surface area contributed by atoms with E-state index in [1.165, 1.54) is 6.42 Å². The van der Waals surface area contributed by atoms with Gasteiger partial charge >= 0.3 is 0 Å². The van der Waals surface area contributed by atoms with E-state index in [9.17, 15) is 0 Å². The van der Waals surface area contributed by atoms with Crippen molar-refractivity contribution in [1.82, 2.24) is 15.4 Å². The molecule has 20 heavy (non-hydrogen) atoms. The van der Waals surface area contributed by atoms with Crippen LogP contribution < -0.4 is 5.32 Å². The Hall–Kier alpha value is -0.870. The van der Waals surface area contributed by atoms with E-state index in [4.69, 9.17) is 4.52 Å². The summed E-state index contributed by atoms with van der Waals surface area (Å²) < 4.78 is 5.41. The molecule has 0 amide bonds. The van der Waals surface area contributed by atoms with Crippen molar-refractivity contribution in [2.45, 2.75) is 59.7 Å². The fourth-order valence-electron chi connectivity index (χ4n) is 3.05. The standard InChI is InChI=1S/C16H29N3O/c1-6-12(4)15-10-19(16(8-17-15)11(2)3)9-14-7-13(5)18-20-14/h7,11-12,15-17H,6,8-10H2,1-5H3. The van der Waals surface area contributed by atoms with Gasteiger partial charge in [-0.25, -0.2) is 0 Å². The average molecular weight is 279 g/mol. The van der Waals surface area contributed by atoms with E-state index in [1.807, 2.05) is 6.92 Å². The average Bonchev–Trinajstić information content (AvgIpc) is 2.82. The summed E-state index contributed by atoms with van der Waals surface area (Å²) in [5.41, 5.74) is 0.967. The summed E-state index contributed by atoms with van der Waals surface area (Å²) in [4.78, 5) is 2.57. The van der Waals surface area contributed by atoms with Crippen LogP contribution in [0.2, 0.25) is 0 Å². The van der Waals surface area contributed by atoms with Crippen molar-refractivity contribution in [3.63, 3.8) is 0 Å². The van der Waals surface area contributed by atoms with Crippen LogP contribution in [0.15, 0.2) is 10.6 Å². The van der Waals surface area contributed by atoms with Crippen LogP contribution in [0.5, 0.6) is 0 Å². The molecule has 2 heterocycles. The molecule has 1 aliphatic heterocycles. The Kier molecular flexibility index (Phi) is 5.22. The molecule has 2 rings (SSSR count). The monoisotopic (exact) mass is 279 g/mol. The first-order chi connectivity index (χ1) is 9.51. The highest BCUT2D eigenvalue weighted by atomic mass is 16.5. The number of aryl methyl sites for hydroxylation is 1. The molecule has 1 N–H and O–H groups in total. The third kappa shape index (κ3) is 3.61. The maximum atomic E-state index is 5.41. The van der Waals surface area contributed by atoms with Crippen molar-refractivity contribution in [2.75, 3.05) is 13.1 Å². The first-order valence-corrected chi connectivity index (χ1v) is 7.90. The quantitative estimate of drug-likeness (QED) is 0.900. The predicted octanol–water partition coefficient (Wildman–Crippen LogP) is 2.83. The smallest absolute Gasteiger partial charge is 0.150 e. The highest BCUT2D eigenvalue weighted by molar-refractivity contribution is 5.04. The molecule has 3 atom stereocenters. The Labute approximate surface area is 122 Å². The molecule has 0 aliphatic carbocycles. The molecule has 1 saturated heterocycles. The topological polar surface area (TPSA) is 41.3 Å². The summed E-state index contributed by atoms with van der Waals surface area (Å²) in [5.74, 6) is 2.34. The maximum absolute atomic E-state index is 5.41. The molecule has 0 aromatic carbocycles. The van der Waals surface area contributed by atoms with Crippen LogP contribution in [0.4, 0.5) is 0 Å². The third-order valence-corrected chi connectivity index (χ3v) is 4.63. The van der Waals surface area contributed by atoms with Gasteiger partial charge < -0.3 is 9.84 Å². The highest BCUT2D eigenvalue weighted by Crippen LogP contribution is 2.22. The van der Waals surface area contributed by atoms with E-state index in [-0.39, 0.29) is 0 Å². The second-order valence-corrected chi connectivity index (χ2v) is 6.58. The Bertz CT molecular complexity index is 416. The van der Waals surface area contributed by atoms with Crippen molar-refractivity contribution < 1.29 is 4.52 Å². The third-order valence-electron chi connectivity index (χ3n) is 4.63. The lowest BCUT2D eigenvalue weighted by Crippen LogP contribution is -2.59. The molecule has 0 spiro atoms. The summed E-state index contributed by atoms with van der Waals surface area (Å²) in [5, 5.41) is 7.74. The van der Waals surface area contributed by atoms with E-state index in [1.54, 1.807) is 0 Å². The predicted molar refractivity (Wildman–Crippen MR) is 81.5 cm³/mol. The number of piperazine rings is 1. The summed E-state index contributed by atoms with van der Waals surface area (Å²) in [6, 6.07) is 3.21. The minimum atomic E-state index is 0.570. The van der Waals surface area contributed by atoms with Crippen molar-refractivity contribution in [2.24, 2.45) is 11.8 Å². The van der Waals surface area contributed by atoms with Gasteiger partial charge in [-0.1, -0.05) is 39.3 Å². The fourth-order valence-corrected chi connectivity index (χ4v) is 3.05. The molecular weight excluding hydrogens is 250 g/mol. The van der Waals surface area contributed by atoms with Gasteiger partial charge in [-0.05, 0) is 18.8 Å². The van der Waals surface area contributed by atoms with Crippen molar-refractivity contribution >= 4 is 0 Å². The fraction of sp³-hybridized carbons (Fsp3) is 0.812. The molecule has 3 unspecified atom stereocenters. The molecule has 4 heteroatoms. The van der Waals surface area contributed by atoms with Crippen LogP contribution in [-0.2, 0) is 6.54 Å². The zero-order valence-electron chi connectivity index (χ0n) is 13.5. The second kappa shape index (κ2) is 6.72. The Morgan fingerprint density at radius 2 is 2.20 bits per heavy atom. The molecule has 1 fully saturated rings. The van der Waals surface area contributed by atoms with Gasteiger partial charge in [0.15, 0.2) is 5.76 Å². The molecule has 114 valence electrons. The minimum absolute atomic E-state index is 0.570. The largest absolute Gasteiger partial charge is 0.360 e. The van der Waals surface area contributed by atoms with E-state index >= 15 is 0 Å². The molecule has 1 aromatic rings. The lowest BCUT2D eigenvalue weighted by Gasteiger charge is -2.43. The highest BCUT2D eigenvalue weighted by Gasteiger charge is 2.32. The number of rotatable bonds is 5. The number of hydrogen-bond donors (Lipinski definition) is 1. The Morgan fingerprint density at radius 3 is 2.75 bits per heavy atom. The SMILES string of the molecule is CCC(C)C1CN(Cc2cc(C)no2)C(C(C)C)CN1. The molecular formula is C16H29N3O. The summed E-state index contributed by atoms with van der Waals surface area (Å²) in [6.45, 7) is 14.2. The Balaban J connectivity index is 2.06. The molecule has 4 nitrogen and oxygen atoms in total. The second-order valence-electron chi connectivity index (χ2n) is 6.58. The van der Waals surface area contributed by atoms with Crippen molar-refractivity contribution in [1.29, 1.82) is 0 Å². The van der Waals surface area contributed by atoms with Crippen LogP contribution in [0, 0.1) is 18.8 Å². The summed E-state index contributed by atoms with van der Waals surface area (Å²) in [7, 11) is 0. The maximum Gasteiger partial charge on any atom is 0.150 e. The molecule has 0 bridgehead atoms. The normalized spacial score (nSPS) is 26.1. The van der Waals surface area contributed by atoms with Gasteiger partial charge in [0.05, 0.1) is 12.2 Å². The van der Waals surface area contributed by atoms with E-state index in [0.717, 1.165) is 31.1 Å². The number of aromatic nitrogens is 1. The van der Waals surface area contributed by atoms with E-state index in [2.05, 4.69) is 49.1 Å². The van der Waals surface area contributed by atoms with Gasteiger partial charge in [0, 0.05) is 31.2 Å². The van der Waals surface area contributed by atoms with Crippen LogP contribution >= 0.6 is 0 Å². The van der Waals surface area contributed by atoms with Gasteiger partial charge in [-0.2, -0.15) is 0 Å². The van der Waals surface area contributed by atoms with Gasteiger partial charge in [-0.3, -0.25) is 4.90 Å². The Morgan fingerprint density at radius 1 is 1.45 bits per heavy atom. The van der Waals surface area contributed by atoms with Gasteiger partial charge in [-0.15, -0.1) is 0 Å². The molecule has 0 radical (unpaired) electrons. The molecule has 1 aromatic heterocycles. The summed E-state index contributed by atoms with van der Waals surface area (Å²) in [6.07, 6.45) is 1.22. The molecule has 0 saturated carbocycles. The van der Waals surface area contributed by atoms with Crippen LogP contribution in [-0.4, -0.2) is 35.2 Å². The first kappa shape index (κ1) is 15.5. The first-order valence-electron chi connectivity index (χ1n) is 7.90.